The molecule has 0 amide bonds. The molecule has 0 aliphatic heterocycles. The third-order valence-electron chi connectivity index (χ3n) is 1.52. The molecular formula is C9H12BrFN2. The van der Waals surface area contributed by atoms with Crippen LogP contribution in [0.4, 0.5) is 4.39 Å². The van der Waals surface area contributed by atoms with Crippen molar-refractivity contribution >= 4 is 15.9 Å². The van der Waals surface area contributed by atoms with Gasteiger partial charge in [0.25, 0.3) is 0 Å². The zero-order chi connectivity index (χ0) is 10.1. The van der Waals surface area contributed by atoms with Crippen LogP contribution in [-0.2, 0) is 6.42 Å². The zero-order valence-electron chi connectivity index (χ0n) is 7.64. The maximum absolute atomic E-state index is 13.1. The third kappa shape index (κ3) is 3.40. The quantitative estimate of drug-likeness (QED) is 0.814. The molecule has 13 heavy (non-hydrogen) atoms. The van der Waals surface area contributed by atoms with Gasteiger partial charge >= 0.3 is 0 Å². The predicted octanol–water partition coefficient (Wildman–Crippen LogP) is 2.26. The maximum atomic E-state index is 13.1. The van der Waals surface area contributed by atoms with Crippen LogP contribution in [0.2, 0.25) is 0 Å². The van der Waals surface area contributed by atoms with Gasteiger partial charge in [-0.1, -0.05) is 0 Å². The lowest BCUT2D eigenvalue weighted by Crippen LogP contribution is -2.34. The second-order valence-electron chi connectivity index (χ2n) is 3.77. The van der Waals surface area contributed by atoms with E-state index in [9.17, 15) is 4.39 Å². The molecule has 72 valence electrons. The summed E-state index contributed by atoms with van der Waals surface area (Å²) in [6.45, 7) is 3.71. The van der Waals surface area contributed by atoms with Gasteiger partial charge in [0, 0.05) is 21.8 Å². The molecule has 0 atom stereocenters. The lowest BCUT2D eigenvalue weighted by molar-refractivity contribution is 0.486. The highest BCUT2D eigenvalue weighted by Crippen LogP contribution is 2.17. The van der Waals surface area contributed by atoms with Gasteiger partial charge in [0.2, 0.25) is 5.95 Å². The summed E-state index contributed by atoms with van der Waals surface area (Å²) < 4.78 is 13.9. The predicted molar refractivity (Wildman–Crippen MR) is 53.9 cm³/mol. The van der Waals surface area contributed by atoms with Crippen molar-refractivity contribution in [3.8, 4) is 0 Å². The van der Waals surface area contributed by atoms with Crippen molar-refractivity contribution < 1.29 is 4.39 Å². The summed E-state index contributed by atoms with van der Waals surface area (Å²) >= 11 is 3.23. The van der Waals surface area contributed by atoms with Crippen LogP contribution in [0.3, 0.4) is 0 Å². The lowest BCUT2D eigenvalue weighted by atomic mass is 9.97. The minimum atomic E-state index is -0.443. The van der Waals surface area contributed by atoms with Crippen molar-refractivity contribution in [2.45, 2.75) is 25.8 Å². The van der Waals surface area contributed by atoms with Gasteiger partial charge in [0.05, 0.1) is 0 Å². The molecule has 1 aromatic rings. The number of nitrogens with zero attached hydrogens (tertiary/aromatic N) is 1. The molecule has 0 aliphatic carbocycles. The molecule has 2 N–H and O–H groups in total. The standard InChI is InChI=1S/C9H12BrFN2/c1-9(2,12)4-6-3-7(10)5-13-8(6)11/h3,5H,4,12H2,1-2H3. The van der Waals surface area contributed by atoms with E-state index < -0.39 is 11.5 Å². The first-order valence-corrected chi connectivity index (χ1v) is 4.76. The molecule has 0 spiro atoms. The fraction of sp³-hybridized carbons (Fsp3) is 0.444. The lowest BCUT2D eigenvalue weighted by Gasteiger charge is -2.18. The van der Waals surface area contributed by atoms with Gasteiger partial charge < -0.3 is 5.73 Å². The second-order valence-corrected chi connectivity index (χ2v) is 4.68. The highest BCUT2D eigenvalue weighted by molar-refractivity contribution is 9.10. The minimum absolute atomic E-state index is 0.413. The first-order chi connectivity index (χ1) is 5.88. The number of pyridine rings is 1. The Balaban J connectivity index is 2.94. The number of halogens is 2. The SMILES string of the molecule is CC(C)(N)Cc1cc(Br)cnc1F. The van der Waals surface area contributed by atoms with E-state index in [4.69, 9.17) is 5.73 Å². The number of rotatable bonds is 2. The summed E-state index contributed by atoms with van der Waals surface area (Å²) in [5, 5.41) is 0. The van der Waals surface area contributed by atoms with Crippen LogP contribution >= 0.6 is 15.9 Å². The van der Waals surface area contributed by atoms with Crippen molar-refractivity contribution in [3.05, 3.63) is 28.2 Å². The van der Waals surface area contributed by atoms with E-state index in [0.29, 0.717) is 12.0 Å². The second kappa shape index (κ2) is 3.72. The topological polar surface area (TPSA) is 38.9 Å². The van der Waals surface area contributed by atoms with E-state index in [0.717, 1.165) is 4.47 Å². The largest absolute Gasteiger partial charge is 0.325 e. The van der Waals surface area contributed by atoms with Crippen LogP contribution in [-0.4, -0.2) is 10.5 Å². The summed E-state index contributed by atoms with van der Waals surface area (Å²) in [5.74, 6) is -0.443. The normalized spacial score (nSPS) is 11.8. The van der Waals surface area contributed by atoms with E-state index in [1.807, 2.05) is 13.8 Å². The third-order valence-corrected chi connectivity index (χ3v) is 1.96. The molecule has 1 rings (SSSR count). The zero-order valence-corrected chi connectivity index (χ0v) is 9.23. The average Bonchev–Trinajstić information content (AvgIpc) is 1.94. The van der Waals surface area contributed by atoms with E-state index in [1.165, 1.54) is 6.20 Å². The summed E-state index contributed by atoms with van der Waals surface area (Å²) in [4.78, 5) is 3.59. The van der Waals surface area contributed by atoms with Gasteiger partial charge in [-0.25, -0.2) is 4.98 Å². The monoisotopic (exact) mass is 246 g/mol. The highest BCUT2D eigenvalue weighted by atomic mass is 79.9. The van der Waals surface area contributed by atoms with Crippen LogP contribution in [0.15, 0.2) is 16.7 Å². The highest BCUT2D eigenvalue weighted by Gasteiger charge is 2.15. The summed E-state index contributed by atoms with van der Waals surface area (Å²) in [5.41, 5.74) is 5.91. The van der Waals surface area contributed by atoms with Crippen molar-refractivity contribution in [1.82, 2.24) is 4.98 Å². The Bertz CT molecular complexity index is 307. The Kier molecular flexibility index (Phi) is 3.03. The molecule has 1 aromatic heterocycles. The summed E-state index contributed by atoms with van der Waals surface area (Å²) in [6, 6.07) is 1.71. The molecule has 1 heterocycles. The van der Waals surface area contributed by atoms with Crippen LogP contribution in [0.1, 0.15) is 19.4 Å². The number of aromatic nitrogens is 1. The first-order valence-electron chi connectivity index (χ1n) is 3.97. The molecule has 0 saturated carbocycles. The van der Waals surface area contributed by atoms with E-state index in [1.54, 1.807) is 6.07 Å². The van der Waals surface area contributed by atoms with Crippen molar-refractivity contribution in [1.29, 1.82) is 0 Å². The smallest absolute Gasteiger partial charge is 0.216 e. The number of nitrogens with two attached hydrogens (primary N) is 1. The Morgan fingerprint density at radius 3 is 2.77 bits per heavy atom. The van der Waals surface area contributed by atoms with Crippen molar-refractivity contribution in [2.24, 2.45) is 5.73 Å². The molecule has 4 heteroatoms. The summed E-state index contributed by atoms with van der Waals surface area (Å²) in [6.07, 6.45) is 1.91. The van der Waals surface area contributed by atoms with Gasteiger partial charge in [0.15, 0.2) is 0 Å². The number of hydrogen-bond donors (Lipinski definition) is 1. The molecule has 0 radical (unpaired) electrons. The molecular weight excluding hydrogens is 235 g/mol. The van der Waals surface area contributed by atoms with Gasteiger partial charge in [0.1, 0.15) is 0 Å². The van der Waals surface area contributed by atoms with E-state index >= 15 is 0 Å². The van der Waals surface area contributed by atoms with E-state index in [2.05, 4.69) is 20.9 Å². The fourth-order valence-electron chi connectivity index (χ4n) is 1.08. The van der Waals surface area contributed by atoms with Gasteiger partial charge in [-0.2, -0.15) is 4.39 Å². The van der Waals surface area contributed by atoms with Crippen molar-refractivity contribution in [3.63, 3.8) is 0 Å². The van der Waals surface area contributed by atoms with Gasteiger partial charge in [-0.05, 0) is 42.3 Å². The average molecular weight is 247 g/mol. The fourth-order valence-corrected chi connectivity index (χ4v) is 1.46. The van der Waals surface area contributed by atoms with Crippen LogP contribution in [0, 0.1) is 5.95 Å². The van der Waals surface area contributed by atoms with E-state index in [-0.39, 0.29) is 0 Å². The number of hydrogen-bond acceptors (Lipinski definition) is 2. The Labute approximate surface area is 85.5 Å². The molecule has 0 aliphatic rings. The van der Waals surface area contributed by atoms with Gasteiger partial charge in [-0.15, -0.1) is 0 Å². The van der Waals surface area contributed by atoms with Crippen LogP contribution in [0.25, 0.3) is 0 Å². The molecule has 0 saturated heterocycles. The minimum Gasteiger partial charge on any atom is -0.325 e. The van der Waals surface area contributed by atoms with Crippen LogP contribution in [0.5, 0.6) is 0 Å². The molecule has 2 nitrogen and oxygen atoms in total. The molecule has 0 bridgehead atoms. The Morgan fingerprint density at radius 2 is 2.23 bits per heavy atom. The maximum Gasteiger partial charge on any atom is 0.216 e. The molecule has 0 aromatic carbocycles. The Morgan fingerprint density at radius 1 is 1.62 bits per heavy atom. The molecule has 0 unspecified atom stereocenters. The van der Waals surface area contributed by atoms with Gasteiger partial charge in [-0.3, -0.25) is 0 Å². The van der Waals surface area contributed by atoms with Crippen LogP contribution < -0.4 is 5.73 Å². The van der Waals surface area contributed by atoms with Crippen molar-refractivity contribution in [2.75, 3.05) is 0 Å². The Hall–Kier alpha value is -0.480. The summed E-state index contributed by atoms with van der Waals surface area (Å²) in [7, 11) is 0. The molecule has 0 fully saturated rings. The first kappa shape index (κ1) is 10.6.